The molecule has 4 aromatic rings. The van der Waals surface area contributed by atoms with Gasteiger partial charge in [0.15, 0.2) is 0 Å². The molecule has 5 nitrogen and oxygen atoms in total. The van der Waals surface area contributed by atoms with E-state index in [9.17, 15) is 9.18 Å². The van der Waals surface area contributed by atoms with Crippen LogP contribution >= 0.6 is 0 Å². The van der Waals surface area contributed by atoms with Gasteiger partial charge in [-0.05, 0) is 41.8 Å². The Bertz CT molecular complexity index is 1180. The van der Waals surface area contributed by atoms with Crippen LogP contribution in [-0.2, 0) is 0 Å². The summed E-state index contributed by atoms with van der Waals surface area (Å²) in [7, 11) is 0. The maximum atomic E-state index is 13.0. The molecule has 0 saturated carbocycles. The summed E-state index contributed by atoms with van der Waals surface area (Å²) in [4.78, 5) is 12.4. The van der Waals surface area contributed by atoms with Crippen LogP contribution in [0.2, 0.25) is 0 Å². The molecule has 148 valence electrons. The van der Waals surface area contributed by atoms with Crippen molar-refractivity contribution in [3.8, 4) is 22.4 Å². The summed E-state index contributed by atoms with van der Waals surface area (Å²) in [5, 5.41) is 11.0. The monoisotopic (exact) mass is 398 g/mol. The lowest BCUT2D eigenvalue weighted by Crippen LogP contribution is -2.19. The van der Waals surface area contributed by atoms with Crippen LogP contribution in [0.3, 0.4) is 0 Å². The molecular formula is C24H19FN4O. The largest absolute Gasteiger partial charge is 0.289 e. The number of halogens is 1. The second kappa shape index (κ2) is 8.53. The Morgan fingerprint density at radius 3 is 2.23 bits per heavy atom. The molecular weight excluding hydrogens is 379 g/mol. The topological polar surface area (TPSA) is 70.1 Å². The van der Waals surface area contributed by atoms with Gasteiger partial charge in [-0.1, -0.05) is 66.7 Å². The summed E-state index contributed by atoms with van der Waals surface area (Å²) >= 11 is 0. The Balaban J connectivity index is 1.45. The van der Waals surface area contributed by atoms with E-state index in [1.54, 1.807) is 25.1 Å². The van der Waals surface area contributed by atoms with Crippen molar-refractivity contribution >= 4 is 11.6 Å². The van der Waals surface area contributed by atoms with Gasteiger partial charge < -0.3 is 0 Å². The predicted octanol–water partition coefficient (Wildman–Crippen LogP) is 5.04. The molecule has 2 N–H and O–H groups in total. The van der Waals surface area contributed by atoms with Gasteiger partial charge in [-0.2, -0.15) is 10.2 Å². The highest BCUT2D eigenvalue weighted by atomic mass is 19.1. The van der Waals surface area contributed by atoms with Crippen molar-refractivity contribution < 1.29 is 9.18 Å². The molecule has 0 unspecified atom stereocenters. The molecule has 1 amide bonds. The zero-order chi connectivity index (χ0) is 20.9. The summed E-state index contributed by atoms with van der Waals surface area (Å²) in [5.74, 6) is -0.728. The average Bonchev–Trinajstić information content (AvgIpc) is 3.29. The quantitative estimate of drug-likeness (QED) is 0.365. The number of aromatic nitrogens is 2. The summed E-state index contributed by atoms with van der Waals surface area (Å²) in [6.07, 6.45) is 0. The number of hydrogen-bond donors (Lipinski definition) is 2. The number of nitrogens with one attached hydrogen (secondary N) is 2. The number of nitrogens with zero attached hydrogens (tertiary/aromatic N) is 2. The van der Waals surface area contributed by atoms with Gasteiger partial charge in [-0.3, -0.25) is 9.89 Å². The summed E-state index contributed by atoms with van der Waals surface area (Å²) < 4.78 is 13.0. The van der Waals surface area contributed by atoms with E-state index in [0.29, 0.717) is 17.1 Å². The van der Waals surface area contributed by atoms with Crippen molar-refractivity contribution in [2.75, 3.05) is 0 Å². The van der Waals surface area contributed by atoms with Crippen molar-refractivity contribution in [3.05, 3.63) is 102 Å². The molecule has 30 heavy (non-hydrogen) atoms. The van der Waals surface area contributed by atoms with E-state index in [4.69, 9.17) is 0 Å². The van der Waals surface area contributed by atoms with E-state index in [1.165, 1.54) is 12.1 Å². The summed E-state index contributed by atoms with van der Waals surface area (Å²) in [6.45, 7) is 1.74. The second-order valence-corrected chi connectivity index (χ2v) is 6.76. The van der Waals surface area contributed by atoms with Crippen LogP contribution in [0.4, 0.5) is 4.39 Å². The first-order valence-corrected chi connectivity index (χ1v) is 9.42. The van der Waals surface area contributed by atoms with Crippen LogP contribution in [0.15, 0.2) is 90.0 Å². The SMILES string of the molecule is C/C(=N\NC(=O)c1cc(-c2ccc(-c3ccccc3)cc2)n[nH]1)c1ccc(F)cc1. The van der Waals surface area contributed by atoms with Gasteiger partial charge in [0, 0.05) is 5.56 Å². The van der Waals surface area contributed by atoms with Crippen molar-refractivity contribution in [3.63, 3.8) is 0 Å². The minimum absolute atomic E-state index is 0.299. The van der Waals surface area contributed by atoms with E-state index in [1.807, 2.05) is 42.5 Å². The van der Waals surface area contributed by atoms with Gasteiger partial charge >= 0.3 is 0 Å². The number of carbonyl (C=O) groups excluding carboxylic acids is 1. The Morgan fingerprint density at radius 1 is 0.900 bits per heavy atom. The molecule has 1 heterocycles. The van der Waals surface area contributed by atoms with Crippen molar-refractivity contribution in [2.45, 2.75) is 6.92 Å². The normalized spacial score (nSPS) is 11.3. The highest BCUT2D eigenvalue weighted by Crippen LogP contribution is 2.24. The molecule has 0 spiro atoms. The molecule has 0 aliphatic heterocycles. The predicted molar refractivity (Wildman–Crippen MR) is 116 cm³/mol. The van der Waals surface area contributed by atoms with Crippen LogP contribution in [0.5, 0.6) is 0 Å². The number of hydrazone groups is 1. The maximum Gasteiger partial charge on any atom is 0.289 e. The number of rotatable bonds is 5. The van der Waals surface area contributed by atoms with E-state index >= 15 is 0 Å². The minimum atomic E-state index is -0.406. The highest BCUT2D eigenvalue weighted by molar-refractivity contribution is 6.00. The first-order chi connectivity index (χ1) is 14.6. The first kappa shape index (κ1) is 19.3. The molecule has 0 atom stereocenters. The Morgan fingerprint density at radius 2 is 1.53 bits per heavy atom. The zero-order valence-corrected chi connectivity index (χ0v) is 16.3. The van der Waals surface area contributed by atoms with Crippen LogP contribution in [0.25, 0.3) is 22.4 Å². The number of carbonyl (C=O) groups is 1. The maximum absolute atomic E-state index is 13.0. The lowest BCUT2D eigenvalue weighted by atomic mass is 10.0. The van der Waals surface area contributed by atoms with Gasteiger partial charge in [0.05, 0.1) is 11.4 Å². The Labute approximate surface area is 173 Å². The third kappa shape index (κ3) is 4.33. The fourth-order valence-corrected chi connectivity index (χ4v) is 3.00. The molecule has 6 heteroatoms. The smallest absolute Gasteiger partial charge is 0.272 e. The standard InChI is InChI=1S/C24H19FN4O/c1-16(17-11-13-21(25)14-12-17)26-29-24(30)23-15-22(27-28-23)20-9-7-19(8-10-20)18-5-3-2-4-6-18/h2-15H,1H3,(H,27,28)(H,29,30)/b26-16+. The Kier molecular flexibility index (Phi) is 5.48. The number of benzene rings is 3. The number of hydrogen-bond acceptors (Lipinski definition) is 3. The lowest BCUT2D eigenvalue weighted by Gasteiger charge is -2.02. The highest BCUT2D eigenvalue weighted by Gasteiger charge is 2.11. The molecule has 0 aliphatic carbocycles. The van der Waals surface area contributed by atoms with E-state index < -0.39 is 5.91 Å². The first-order valence-electron chi connectivity index (χ1n) is 9.42. The lowest BCUT2D eigenvalue weighted by molar-refractivity contribution is 0.0950. The molecule has 0 saturated heterocycles. The van der Waals surface area contributed by atoms with E-state index in [-0.39, 0.29) is 5.82 Å². The number of aromatic amines is 1. The van der Waals surface area contributed by atoms with Gasteiger partial charge in [-0.15, -0.1) is 0 Å². The molecule has 0 bridgehead atoms. The minimum Gasteiger partial charge on any atom is -0.272 e. The molecule has 1 aromatic heterocycles. The van der Waals surface area contributed by atoms with Crippen molar-refractivity contribution in [1.29, 1.82) is 0 Å². The average molecular weight is 398 g/mol. The van der Waals surface area contributed by atoms with Crippen molar-refractivity contribution in [1.82, 2.24) is 15.6 Å². The van der Waals surface area contributed by atoms with Gasteiger partial charge in [0.25, 0.3) is 5.91 Å². The van der Waals surface area contributed by atoms with Gasteiger partial charge in [0.1, 0.15) is 11.5 Å². The zero-order valence-electron chi connectivity index (χ0n) is 16.3. The van der Waals surface area contributed by atoms with E-state index in [0.717, 1.165) is 22.3 Å². The third-order valence-electron chi connectivity index (χ3n) is 4.70. The summed E-state index contributed by atoms with van der Waals surface area (Å²) in [5.41, 5.74) is 7.90. The number of H-pyrrole nitrogens is 1. The van der Waals surface area contributed by atoms with E-state index in [2.05, 4.69) is 32.9 Å². The fourth-order valence-electron chi connectivity index (χ4n) is 3.00. The molecule has 0 aliphatic rings. The van der Waals surface area contributed by atoms with Crippen LogP contribution in [0, 0.1) is 5.82 Å². The van der Waals surface area contributed by atoms with Crippen molar-refractivity contribution in [2.24, 2.45) is 5.10 Å². The molecule has 4 rings (SSSR count). The summed E-state index contributed by atoms with van der Waals surface area (Å²) in [6, 6.07) is 25.7. The van der Waals surface area contributed by atoms with Crippen LogP contribution < -0.4 is 5.43 Å². The van der Waals surface area contributed by atoms with Crippen LogP contribution in [0.1, 0.15) is 23.0 Å². The Hall–Kier alpha value is -4.06. The van der Waals surface area contributed by atoms with Gasteiger partial charge in [0.2, 0.25) is 0 Å². The van der Waals surface area contributed by atoms with Crippen LogP contribution in [-0.4, -0.2) is 21.8 Å². The third-order valence-corrected chi connectivity index (χ3v) is 4.70. The molecule has 0 radical (unpaired) electrons. The molecule has 3 aromatic carbocycles. The second-order valence-electron chi connectivity index (χ2n) is 6.76. The van der Waals surface area contributed by atoms with Gasteiger partial charge in [-0.25, -0.2) is 9.82 Å². The number of amides is 1. The molecule has 0 fully saturated rings. The fraction of sp³-hybridized carbons (Fsp3) is 0.0417.